The van der Waals surface area contributed by atoms with Crippen molar-refractivity contribution in [1.82, 2.24) is 4.98 Å². The van der Waals surface area contributed by atoms with Crippen LogP contribution in [0.4, 0.5) is 4.39 Å². The molecule has 0 bridgehead atoms. The highest BCUT2D eigenvalue weighted by Crippen LogP contribution is 2.06. The number of hydrogen-bond donors (Lipinski definition) is 2. The molecule has 0 amide bonds. The Balaban J connectivity index is 2.69. The zero-order chi connectivity index (χ0) is 8.97. The van der Waals surface area contributed by atoms with Gasteiger partial charge in [-0.3, -0.25) is 4.98 Å². The average molecular weight is 170 g/mol. The van der Waals surface area contributed by atoms with Gasteiger partial charge in [-0.25, -0.2) is 4.39 Å². The van der Waals surface area contributed by atoms with Crippen molar-refractivity contribution < 1.29 is 9.50 Å². The van der Waals surface area contributed by atoms with Crippen LogP contribution in [0.25, 0.3) is 0 Å². The molecule has 1 aromatic rings. The van der Waals surface area contributed by atoms with Gasteiger partial charge in [0.1, 0.15) is 5.82 Å². The van der Waals surface area contributed by atoms with Crippen molar-refractivity contribution in [3.8, 4) is 0 Å². The molecule has 1 unspecified atom stereocenters. The molecular formula is C8H11FN2O. The van der Waals surface area contributed by atoms with E-state index in [4.69, 9.17) is 10.8 Å². The summed E-state index contributed by atoms with van der Waals surface area (Å²) in [6, 6.07) is 1.16. The van der Waals surface area contributed by atoms with Gasteiger partial charge in [-0.2, -0.15) is 0 Å². The SMILES string of the molecule is NC(CO)Cc1ccncc1F. The van der Waals surface area contributed by atoms with Gasteiger partial charge in [0.2, 0.25) is 0 Å². The Hall–Kier alpha value is -1.00. The van der Waals surface area contributed by atoms with Crippen LogP contribution in [0, 0.1) is 5.82 Å². The Kier molecular flexibility index (Phi) is 3.13. The first-order valence-corrected chi connectivity index (χ1v) is 3.69. The fourth-order valence-corrected chi connectivity index (χ4v) is 0.917. The number of halogens is 1. The summed E-state index contributed by atoms with van der Waals surface area (Å²) in [4.78, 5) is 3.60. The smallest absolute Gasteiger partial charge is 0.144 e. The molecule has 0 aromatic carbocycles. The number of aromatic nitrogens is 1. The van der Waals surface area contributed by atoms with Crippen LogP contribution < -0.4 is 5.73 Å². The summed E-state index contributed by atoms with van der Waals surface area (Å²) in [6.07, 6.45) is 2.98. The summed E-state index contributed by atoms with van der Waals surface area (Å²) in [5.74, 6) is -0.374. The maximum absolute atomic E-state index is 12.9. The van der Waals surface area contributed by atoms with Crippen LogP contribution in [0.15, 0.2) is 18.5 Å². The molecule has 0 aliphatic carbocycles. The molecule has 0 radical (unpaired) electrons. The van der Waals surface area contributed by atoms with Crippen molar-refractivity contribution in [2.45, 2.75) is 12.5 Å². The van der Waals surface area contributed by atoms with E-state index in [-0.39, 0.29) is 12.4 Å². The largest absolute Gasteiger partial charge is 0.395 e. The predicted octanol–water partition coefficient (Wildman–Crippen LogP) is 0.0828. The van der Waals surface area contributed by atoms with Gasteiger partial charge in [-0.05, 0) is 18.1 Å². The summed E-state index contributed by atoms with van der Waals surface area (Å²) in [5, 5.41) is 8.62. The summed E-state index contributed by atoms with van der Waals surface area (Å²) < 4.78 is 12.9. The molecule has 1 aromatic heterocycles. The van der Waals surface area contributed by atoms with Gasteiger partial charge in [-0.1, -0.05) is 0 Å². The number of aliphatic hydroxyl groups excluding tert-OH is 1. The van der Waals surface area contributed by atoms with Crippen molar-refractivity contribution in [3.63, 3.8) is 0 Å². The highest BCUT2D eigenvalue weighted by molar-refractivity contribution is 5.13. The van der Waals surface area contributed by atoms with Crippen LogP contribution in [0.2, 0.25) is 0 Å². The summed E-state index contributed by atoms with van der Waals surface area (Å²) in [6.45, 7) is -0.137. The molecule has 1 heterocycles. The summed E-state index contributed by atoms with van der Waals surface area (Å²) in [7, 11) is 0. The molecule has 0 saturated carbocycles. The van der Waals surface area contributed by atoms with Crippen LogP contribution >= 0.6 is 0 Å². The summed E-state index contributed by atoms with van der Waals surface area (Å²) >= 11 is 0. The van der Waals surface area contributed by atoms with E-state index < -0.39 is 6.04 Å². The number of nitrogens with two attached hydrogens (primary N) is 1. The lowest BCUT2D eigenvalue weighted by Gasteiger charge is -2.07. The van der Waals surface area contributed by atoms with E-state index in [1.807, 2.05) is 0 Å². The molecule has 4 heteroatoms. The number of aliphatic hydroxyl groups is 1. The van der Waals surface area contributed by atoms with Crippen LogP contribution in [-0.4, -0.2) is 22.7 Å². The molecular weight excluding hydrogens is 159 g/mol. The van der Waals surface area contributed by atoms with E-state index in [0.717, 1.165) is 6.20 Å². The Morgan fingerprint density at radius 2 is 2.42 bits per heavy atom. The monoisotopic (exact) mass is 170 g/mol. The van der Waals surface area contributed by atoms with Gasteiger partial charge in [0.15, 0.2) is 0 Å². The second kappa shape index (κ2) is 4.13. The zero-order valence-corrected chi connectivity index (χ0v) is 6.57. The van der Waals surface area contributed by atoms with Crippen molar-refractivity contribution in [3.05, 3.63) is 29.8 Å². The minimum atomic E-state index is -0.401. The number of rotatable bonds is 3. The third-order valence-corrected chi connectivity index (χ3v) is 1.57. The molecule has 0 spiro atoms. The fourth-order valence-electron chi connectivity index (χ4n) is 0.917. The highest BCUT2D eigenvalue weighted by atomic mass is 19.1. The average Bonchev–Trinajstić information content (AvgIpc) is 2.09. The topological polar surface area (TPSA) is 59.1 Å². The van der Waals surface area contributed by atoms with Crippen molar-refractivity contribution in [2.24, 2.45) is 5.73 Å². The molecule has 1 rings (SSSR count). The summed E-state index contributed by atoms with van der Waals surface area (Å²) in [5.41, 5.74) is 5.93. The minimum absolute atomic E-state index is 0.137. The second-order valence-electron chi connectivity index (χ2n) is 2.61. The highest BCUT2D eigenvalue weighted by Gasteiger charge is 2.06. The van der Waals surface area contributed by atoms with E-state index in [1.165, 1.54) is 6.20 Å². The predicted molar refractivity (Wildman–Crippen MR) is 43.0 cm³/mol. The molecule has 0 aliphatic heterocycles. The van der Waals surface area contributed by atoms with Crippen LogP contribution in [0.5, 0.6) is 0 Å². The Labute approximate surface area is 70.0 Å². The molecule has 1 atom stereocenters. The lowest BCUT2D eigenvalue weighted by Crippen LogP contribution is -2.27. The van der Waals surface area contributed by atoms with Gasteiger partial charge < -0.3 is 10.8 Å². The second-order valence-corrected chi connectivity index (χ2v) is 2.61. The Morgan fingerprint density at radius 3 is 3.00 bits per heavy atom. The Bertz CT molecular complexity index is 255. The van der Waals surface area contributed by atoms with E-state index >= 15 is 0 Å². The lowest BCUT2D eigenvalue weighted by molar-refractivity contribution is 0.264. The van der Waals surface area contributed by atoms with E-state index in [1.54, 1.807) is 6.07 Å². The van der Waals surface area contributed by atoms with E-state index in [2.05, 4.69) is 4.98 Å². The molecule has 0 saturated heterocycles. The van der Waals surface area contributed by atoms with Crippen molar-refractivity contribution in [1.29, 1.82) is 0 Å². The molecule has 66 valence electrons. The zero-order valence-electron chi connectivity index (χ0n) is 6.57. The number of nitrogens with zero attached hydrogens (tertiary/aromatic N) is 1. The standard InChI is InChI=1S/C8H11FN2O/c9-8-4-11-2-1-6(8)3-7(10)5-12/h1-2,4,7,12H,3,5,10H2. The minimum Gasteiger partial charge on any atom is -0.395 e. The van der Waals surface area contributed by atoms with Crippen LogP contribution in [0.3, 0.4) is 0 Å². The first-order chi connectivity index (χ1) is 5.74. The van der Waals surface area contributed by atoms with E-state index in [0.29, 0.717) is 12.0 Å². The quantitative estimate of drug-likeness (QED) is 0.675. The molecule has 12 heavy (non-hydrogen) atoms. The van der Waals surface area contributed by atoms with Crippen molar-refractivity contribution >= 4 is 0 Å². The normalized spacial score (nSPS) is 12.9. The third kappa shape index (κ3) is 2.25. The number of hydrogen-bond acceptors (Lipinski definition) is 3. The number of pyridine rings is 1. The van der Waals surface area contributed by atoms with E-state index in [9.17, 15) is 4.39 Å². The van der Waals surface area contributed by atoms with Gasteiger partial charge >= 0.3 is 0 Å². The molecule has 3 N–H and O–H groups in total. The fraction of sp³-hybridized carbons (Fsp3) is 0.375. The van der Waals surface area contributed by atoms with Crippen molar-refractivity contribution in [2.75, 3.05) is 6.61 Å². The van der Waals surface area contributed by atoms with Gasteiger partial charge in [-0.15, -0.1) is 0 Å². The maximum Gasteiger partial charge on any atom is 0.144 e. The maximum atomic E-state index is 12.9. The van der Waals surface area contributed by atoms with Gasteiger partial charge in [0.25, 0.3) is 0 Å². The van der Waals surface area contributed by atoms with Gasteiger partial charge in [0.05, 0.1) is 12.8 Å². The molecule has 3 nitrogen and oxygen atoms in total. The molecule has 0 aliphatic rings. The van der Waals surface area contributed by atoms with Crippen LogP contribution in [0.1, 0.15) is 5.56 Å². The lowest BCUT2D eigenvalue weighted by atomic mass is 10.1. The first-order valence-electron chi connectivity index (χ1n) is 3.69. The van der Waals surface area contributed by atoms with Crippen LogP contribution in [-0.2, 0) is 6.42 Å². The molecule has 0 fully saturated rings. The third-order valence-electron chi connectivity index (χ3n) is 1.57. The van der Waals surface area contributed by atoms with Gasteiger partial charge in [0, 0.05) is 12.2 Å². The first kappa shape index (κ1) is 9.09. The Morgan fingerprint density at radius 1 is 1.67 bits per heavy atom.